The molecule has 0 N–H and O–H groups in total. The average molecular weight is 281 g/mol. The smallest absolute Gasteiger partial charge is 0.242 e. The van der Waals surface area contributed by atoms with Crippen LogP contribution < -0.4 is 4.90 Å². The van der Waals surface area contributed by atoms with Crippen LogP contribution in [0.1, 0.15) is 27.9 Å². The van der Waals surface area contributed by atoms with Gasteiger partial charge in [-0.05, 0) is 29.3 Å². The fourth-order valence-corrected chi connectivity index (χ4v) is 3.61. The van der Waals surface area contributed by atoms with Crippen molar-refractivity contribution in [1.82, 2.24) is 0 Å². The minimum atomic E-state index is -1.06. The third-order valence-corrected chi connectivity index (χ3v) is 4.56. The molecule has 4 heteroatoms. The van der Waals surface area contributed by atoms with E-state index in [1.807, 2.05) is 6.07 Å². The molecule has 3 nitrogen and oxygen atoms in total. The number of Topliss-reactive ketones (excluding diaryl/α,β-unsaturated/α-hetero) is 1. The molecule has 1 aliphatic heterocycles. The summed E-state index contributed by atoms with van der Waals surface area (Å²) in [6, 6.07) is 11.4. The quantitative estimate of drug-likeness (QED) is 0.744. The molecule has 0 radical (unpaired) electrons. The van der Waals surface area contributed by atoms with Gasteiger partial charge in [-0.3, -0.25) is 9.59 Å². The summed E-state index contributed by atoms with van der Waals surface area (Å²) < 4.78 is 13.7. The van der Waals surface area contributed by atoms with Crippen molar-refractivity contribution in [2.45, 2.75) is 11.8 Å². The van der Waals surface area contributed by atoms with Crippen LogP contribution in [-0.4, -0.2) is 18.7 Å². The highest BCUT2D eigenvalue weighted by Crippen LogP contribution is 2.52. The second-order valence-electron chi connectivity index (χ2n) is 5.58. The predicted octanol–water partition coefficient (Wildman–Crippen LogP) is 2.67. The number of benzene rings is 2. The van der Waals surface area contributed by atoms with E-state index in [9.17, 15) is 14.0 Å². The Hall–Kier alpha value is -2.49. The maximum absolute atomic E-state index is 13.7. The molecule has 2 aromatic carbocycles. The summed E-state index contributed by atoms with van der Waals surface area (Å²) in [5, 5.41) is 0. The standard InChI is InChI=1S/C17H12FNO2/c1-19-14-7-6-10(18)8-13(14)17(16(19)21)9-15(20)11-4-2-3-5-12(11)17/h2-8H,9H2,1H3. The Morgan fingerprint density at radius 2 is 1.86 bits per heavy atom. The Morgan fingerprint density at radius 1 is 1.10 bits per heavy atom. The maximum Gasteiger partial charge on any atom is 0.242 e. The molecule has 1 amide bonds. The lowest BCUT2D eigenvalue weighted by Gasteiger charge is -2.23. The molecule has 0 saturated heterocycles. The predicted molar refractivity (Wildman–Crippen MR) is 76.0 cm³/mol. The van der Waals surface area contributed by atoms with Crippen molar-refractivity contribution in [3.05, 3.63) is 65.0 Å². The van der Waals surface area contributed by atoms with Crippen molar-refractivity contribution < 1.29 is 14.0 Å². The zero-order chi connectivity index (χ0) is 14.8. The fraction of sp³-hybridized carbons (Fsp3) is 0.176. The Labute approximate surface area is 121 Å². The molecule has 2 aliphatic rings. The van der Waals surface area contributed by atoms with Gasteiger partial charge in [0.25, 0.3) is 0 Å². The summed E-state index contributed by atoms with van der Waals surface area (Å²) in [5.41, 5.74) is 1.46. The van der Waals surface area contributed by atoms with Crippen molar-refractivity contribution >= 4 is 17.4 Å². The second kappa shape index (κ2) is 3.79. The van der Waals surface area contributed by atoms with E-state index in [1.54, 1.807) is 31.3 Å². The first-order chi connectivity index (χ1) is 10.1. The van der Waals surface area contributed by atoms with Gasteiger partial charge in [0.2, 0.25) is 5.91 Å². The SMILES string of the molecule is CN1C(=O)C2(CC(=O)c3ccccc32)c2cc(F)ccc21. The summed E-state index contributed by atoms with van der Waals surface area (Å²) in [5.74, 6) is -0.626. The van der Waals surface area contributed by atoms with Gasteiger partial charge in [0.15, 0.2) is 5.78 Å². The number of likely N-dealkylation sites (N-methyl/N-ethyl adjacent to an activating group) is 1. The van der Waals surface area contributed by atoms with E-state index in [0.29, 0.717) is 22.4 Å². The molecule has 0 saturated carbocycles. The van der Waals surface area contributed by atoms with Crippen molar-refractivity contribution in [3.63, 3.8) is 0 Å². The highest BCUT2D eigenvalue weighted by Gasteiger charge is 2.56. The van der Waals surface area contributed by atoms with E-state index in [-0.39, 0.29) is 18.1 Å². The molecular weight excluding hydrogens is 269 g/mol. The van der Waals surface area contributed by atoms with Crippen LogP contribution in [0.4, 0.5) is 10.1 Å². The van der Waals surface area contributed by atoms with Crippen LogP contribution >= 0.6 is 0 Å². The van der Waals surface area contributed by atoms with Crippen LogP contribution in [0.3, 0.4) is 0 Å². The lowest BCUT2D eigenvalue weighted by atomic mass is 9.76. The lowest BCUT2D eigenvalue weighted by Crippen LogP contribution is -2.38. The van der Waals surface area contributed by atoms with E-state index in [0.717, 1.165) is 0 Å². The first-order valence-electron chi connectivity index (χ1n) is 6.76. The topological polar surface area (TPSA) is 37.4 Å². The summed E-state index contributed by atoms with van der Waals surface area (Å²) in [7, 11) is 1.67. The molecule has 1 heterocycles. The molecule has 4 rings (SSSR count). The Morgan fingerprint density at radius 3 is 2.67 bits per heavy atom. The zero-order valence-electron chi connectivity index (χ0n) is 11.4. The second-order valence-corrected chi connectivity index (χ2v) is 5.58. The number of carbonyl (C=O) groups is 2. The van der Waals surface area contributed by atoms with E-state index in [4.69, 9.17) is 0 Å². The summed E-state index contributed by atoms with van der Waals surface area (Å²) >= 11 is 0. The molecule has 1 spiro atoms. The Balaban J connectivity index is 2.09. The first-order valence-corrected chi connectivity index (χ1v) is 6.76. The van der Waals surface area contributed by atoms with Gasteiger partial charge in [-0.15, -0.1) is 0 Å². The van der Waals surface area contributed by atoms with Crippen LogP contribution in [0, 0.1) is 5.82 Å². The zero-order valence-corrected chi connectivity index (χ0v) is 11.4. The number of hydrogen-bond donors (Lipinski definition) is 0. The third kappa shape index (κ3) is 1.32. The first kappa shape index (κ1) is 12.3. The molecule has 21 heavy (non-hydrogen) atoms. The van der Waals surface area contributed by atoms with Crippen molar-refractivity contribution in [1.29, 1.82) is 0 Å². The summed E-state index contributed by atoms with van der Waals surface area (Å²) in [6.07, 6.45) is 0.0754. The van der Waals surface area contributed by atoms with Crippen LogP contribution in [0.15, 0.2) is 42.5 Å². The number of fused-ring (bicyclic) bond motifs is 4. The number of ketones is 1. The van der Waals surface area contributed by atoms with E-state index in [2.05, 4.69) is 0 Å². The van der Waals surface area contributed by atoms with Gasteiger partial charge in [0.1, 0.15) is 11.2 Å². The molecular formula is C17H12FNO2. The van der Waals surface area contributed by atoms with Gasteiger partial charge < -0.3 is 4.90 Å². The minimum Gasteiger partial charge on any atom is -0.314 e. The molecule has 1 atom stereocenters. The van der Waals surface area contributed by atoms with E-state index >= 15 is 0 Å². The van der Waals surface area contributed by atoms with Crippen molar-refractivity contribution in [2.24, 2.45) is 0 Å². The monoisotopic (exact) mass is 281 g/mol. The van der Waals surface area contributed by atoms with Crippen LogP contribution in [0.5, 0.6) is 0 Å². The Kier molecular flexibility index (Phi) is 2.21. The lowest BCUT2D eigenvalue weighted by molar-refractivity contribution is -0.121. The average Bonchev–Trinajstić information content (AvgIpc) is 2.90. The van der Waals surface area contributed by atoms with Gasteiger partial charge in [0.05, 0.1) is 0 Å². The number of anilines is 1. The van der Waals surface area contributed by atoms with Gasteiger partial charge in [-0.1, -0.05) is 24.3 Å². The summed E-state index contributed by atoms with van der Waals surface area (Å²) in [4.78, 5) is 26.7. The normalized spacial score (nSPS) is 22.9. The molecule has 1 aliphatic carbocycles. The number of halogens is 1. The highest BCUT2D eigenvalue weighted by molar-refractivity contribution is 6.18. The highest BCUT2D eigenvalue weighted by atomic mass is 19.1. The van der Waals surface area contributed by atoms with Gasteiger partial charge in [0, 0.05) is 24.7 Å². The van der Waals surface area contributed by atoms with Crippen molar-refractivity contribution in [3.8, 4) is 0 Å². The number of hydrogen-bond acceptors (Lipinski definition) is 2. The minimum absolute atomic E-state index is 0.0653. The van der Waals surface area contributed by atoms with E-state index in [1.165, 1.54) is 17.0 Å². The van der Waals surface area contributed by atoms with Crippen LogP contribution in [0.2, 0.25) is 0 Å². The van der Waals surface area contributed by atoms with Gasteiger partial charge in [-0.25, -0.2) is 4.39 Å². The van der Waals surface area contributed by atoms with Crippen LogP contribution in [0.25, 0.3) is 0 Å². The number of amides is 1. The number of rotatable bonds is 0. The summed E-state index contributed by atoms with van der Waals surface area (Å²) in [6.45, 7) is 0. The number of nitrogens with zero attached hydrogens (tertiary/aromatic N) is 1. The third-order valence-electron chi connectivity index (χ3n) is 4.56. The molecule has 1 unspecified atom stereocenters. The maximum atomic E-state index is 13.7. The molecule has 104 valence electrons. The fourth-order valence-electron chi connectivity index (χ4n) is 3.61. The number of carbonyl (C=O) groups excluding carboxylic acids is 2. The van der Waals surface area contributed by atoms with Crippen molar-refractivity contribution in [2.75, 3.05) is 11.9 Å². The van der Waals surface area contributed by atoms with Crippen LogP contribution in [-0.2, 0) is 10.2 Å². The molecule has 0 bridgehead atoms. The van der Waals surface area contributed by atoms with Gasteiger partial charge >= 0.3 is 0 Å². The van der Waals surface area contributed by atoms with E-state index < -0.39 is 11.2 Å². The van der Waals surface area contributed by atoms with Gasteiger partial charge in [-0.2, -0.15) is 0 Å². The Bertz CT molecular complexity index is 814. The molecule has 0 aromatic heterocycles. The molecule has 0 fully saturated rings. The largest absolute Gasteiger partial charge is 0.314 e. The molecule has 2 aromatic rings.